The second-order valence-corrected chi connectivity index (χ2v) is 9.09. The molecule has 2 fully saturated rings. The molecular formula is C28H33N5O. The van der Waals surface area contributed by atoms with Gasteiger partial charge in [0.05, 0.1) is 24.6 Å². The summed E-state index contributed by atoms with van der Waals surface area (Å²) < 4.78 is 7.62. The lowest BCUT2D eigenvalue weighted by atomic mass is 9.97. The number of benzene rings is 1. The fraction of sp³-hybridized carbons (Fsp3) is 0.357. The fourth-order valence-electron chi connectivity index (χ4n) is 5.16. The number of aromatic nitrogens is 3. The van der Waals surface area contributed by atoms with Crippen molar-refractivity contribution in [2.45, 2.75) is 25.3 Å². The molecule has 0 amide bonds. The van der Waals surface area contributed by atoms with E-state index in [4.69, 9.17) is 14.8 Å². The molecule has 2 aliphatic heterocycles. The molecule has 0 radical (unpaired) electrons. The van der Waals surface area contributed by atoms with Crippen LogP contribution in [0.25, 0.3) is 11.2 Å². The van der Waals surface area contributed by atoms with Crippen LogP contribution >= 0.6 is 0 Å². The number of hydrogen-bond donors (Lipinski definition) is 0. The van der Waals surface area contributed by atoms with Crippen LogP contribution in [0.2, 0.25) is 0 Å². The second kappa shape index (κ2) is 9.95. The van der Waals surface area contributed by atoms with Crippen molar-refractivity contribution < 1.29 is 4.74 Å². The number of ether oxygens (including phenoxy) is 1. The maximum atomic E-state index is 5.62. The summed E-state index contributed by atoms with van der Waals surface area (Å²) in [5.74, 6) is 1.47. The molecule has 0 bridgehead atoms. The van der Waals surface area contributed by atoms with Gasteiger partial charge in [0.1, 0.15) is 5.82 Å². The van der Waals surface area contributed by atoms with Gasteiger partial charge in [0, 0.05) is 49.3 Å². The van der Waals surface area contributed by atoms with Gasteiger partial charge in [0.25, 0.3) is 0 Å². The van der Waals surface area contributed by atoms with E-state index in [0.29, 0.717) is 12.0 Å². The largest absolute Gasteiger partial charge is 0.378 e. The Hall–Kier alpha value is -3.22. The first-order valence-corrected chi connectivity index (χ1v) is 12.1. The van der Waals surface area contributed by atoms with Crippen LogP contribution < -0.4 is 4.90 Å². The van der Waals surface area contributed by atoms with Gasteiger partial charge in [-0.2, -0.15) is 9.61 Å². The summed E-state index contributed by atoms with van der Waals surface area (Å²) >= 11 is 0. The smallest absolute Gasteiger partial charge is 0.158 e. The number of anilines is 1. The summed E-state index contributed by atoms with van der Waals surface area (Å²) in [5, 5.41) is 4.96. The topological polar surface area (TPSA) is 45.9 Å². The van der Waals surface area contributed by atoms with Gasteiger partial charge >= 0.3 is 0 Å². The van der Waals surface area contributed by atoms with E-state index in [1.54, 1.807) is 6.08 Å². The molecule has 2 aliphatic rings. The van der Waals surface area contributed by atoms with Crippen LogP contribution in [0.15, 0.2) is 73.3 Å². The number of morpholine rings is 1. The van der Waals surface area contributed by atoms with Crippen molar-refractivity contribution in [3.63, 3.8) is 0 Å². The van der Waals surface area contributed by atoms with Crippen molar-refractivity contribution in [1.82, 2.24) is 19.5 Å². The Bertz CT molecular complexity index is 1210. The Morgan fingerprint density at radius 1 is 1.15 bits per heavy atom. The number of nitrogens with zero attached hydrogens (tertiary/aromatic N) is 5. The monoisotopic (exact) mass is 455 g/mol. The molecule has 2 aromatic heterocycles. The Kier molecular flexibility index (Phi) is 6.61. The molecular weight excluding hydrogens is 422 g/mol. The van der Waals surface area contributed by atoms with E-state index in [-0.39, 0.29) is 0 Å². The van der Waals surface area contributed by atoms with Crippen LogP contribution in [0.3, 0.4) is 0 Å². The van der Waals surface area contributed by atoms with Gasteiger partial charge in [-0.05, 0) is 26.0 Å². The summed E-state index contributed by atoms with van der Waals surface area (Å²) in [5.41, 5.74) is 5.34. The molecule has 176 valence electrons. The predicted molar refractivity (Wildman–Crippen MR) is 138 cm³/mol. The summed E-state index contributed by atoms with van der Waals surface area (Å²) in [6.07, 6.45) is 8.95. The fourth-order valence-corrected chi connectivity index (χ4v) is 5.16. The molecule has 2 unspecified atom stereocenters. The first-order valence-electron chi connectivity index (χ1n) is 12.1. The highest BCUT2D eigenvalue weighted by molar-refractivity contribution is 5.75. The predicted octanol–water partition coefficient (Wildman–Crippen LogP) is 4.87. The van der Waals surface area contributed by atoms with Crippen molar-refractivity contribution in [3.8, 4) is 0 Å². The highest BCUT2D eigenvalue weighted by atomic mass is 16.5. The minimum Gasteiger partial charge on any atom is -0.378 e. The molecule has 5 rings (SSSR count). The molecule has 4 heterocycles. The van der Waals surface area contributed by atoms with Crippen LogP contribution in [0.4, 0.5) is 5.82 Å². The minimum absolute atomic E-state index is 0.372. The summed E-state index contributed by atoms with van der Waals surface area (Å²) in [6.45, 7) is 10.1. The van der Waals surface area contributed by atoms with Crippen molar-refractivity contribution in [1.29, 1.82) is 0 Å². The molecule has 2 saturated heterocycles. The van der Waals surface area contributed by atoms with E-state index in [1.807, 2.05) is 23.6 Å². The summed E-state index contributed by atoms with van der Waals surface area (Å²) in [7, 11) is 2.22. The lowest BCUT2D eigenvalue weighted by Gasteiger charge is -2.29. The number of hydrogen-bond acceptors (Lipinski definition) is 5. The van der Waals surface area contributed by atoms with Crippen LogP contribution in [-0.4, -0.2) is 59.4 Å². The molecule has 6 heteroatoms. The Balaban J connectivity index is 1.56. The number of rotatable bonds is 6. The Morgan fingerprint density at radius 2 is 1.94 bits per heavy atom. The van der Waals surface area contributed by atoms with Gasteiger partial charge in [0.2, 0.25) is 0 Å². The second-order valence-electron chi connectivity index (χ2n) is 9.09. The molecule has 3 aromatic rings. The van der Waals surface area contributed by atoms with E-state index < -0.39 is 0 Å². The first-order chi connectivity index (χ1) is 16.7. The molecule has 2 atom stereocenters. The Morgan fingerprint density at radius 3 is 2.68 bits per heavy atom. The lowest BCUT2D eigenvalue weighted by Crippen LogP contribution is -2.37. The van der Waals surface area contributed by atoms with Crippen LogP contribution in [0.5, 0.6) is 0 Å². The lowest BCUT2D eigenvalue weighted by molar-refractivity contribution is 0.122. The number of allylic oxidation sites excluding steroid dienone is 5. The van der Waals surface area contributed by atoms with Gasteiger partial charge in [0.15, 0.2) is 5.65 Å². The molecule has 0 N–H and O–H groups in total. The van der Waals surface area contributed by atoms with Gasteiger partial charge in [-0.3, -0.25) is 4.90 Å². The average molecular weight is 456 g/mol. The zero-order valence-corrected chi connectivity index (χ0v) is 20.1. The zero-order chi connectivity index (χ0) is 23.5. The highest BCUT2D eigenvalue weighted by Gasteiger charge is 2.33. The quantitative estimate of drug-likeness (QED) is 0.496. The Labute approximate surface area is 201 Å². The molecule has 6 nitrogen and oxygen atoms in total. The van der Waals surface area contributed by atoms with Crippen molar-refractivity contribution in [2.24, 2.45) is 0 Å². The molecule has 34 heavy (non-hydrogen) atoms. The van der Waals surface area contributed by atoms with Crippen LogP contribution in [0.1, 0.15) is 42.3 Å². The SMILES string of the molecule is C=C/C=C(\C=C/C)c1cc2nc(C3CC(c4ccccc4)N(C)C3)cc(N3CCOCC3)n2n1. The molecule has 0 spiro atoms. The van der Waals surface area contributed by atoms with E-state index in [1.165, 1.54) is 5.56 Å². The third kappa shape index (κ3) is 4.43. The number of fused-ring (bicyclic) bond motifs is 1. The van der Waals surface area contributed by atoms with Crippen molar-refractivity contribution in [2.75, 3.05) is 44.8 Å². The van der Waals surface area contributed by atoms with Gasteiger partial charge in [-0.25, -0.2) is 4.98 Å². The van der Waals surface area contributed by atoms with Crippen LogP contribution in [-0.2, 0) is 4.74 Å². The van der Waals surface area contributed by atoms with Gasteiger partial charge in [-0.1, -0.05) is 61.2 Å². The maximum absolute atomic E-state index is 5.62. The van der Waals surface area contributed by atoms with Crippen molar-refractivity contribution >= 4 is 17.0 Å². The highest BCUT2D eigenvalue weighted by Crippen LogP contribution is 2.40. The molecule has 0 saturated carbocycles. The van der Waals surface area contributed by atoms with E-state index in [0.717, 1.165) is 67.7 Å². The average Bonchev–Trinajstić information content (AvgIpc) is 3.48. The maximum Gasteiger partial charge on any atom is 0.158 e. The zero-order valence-electron chi connectivity index (χ0n) is 20.1. The minimum atomic E-state index is 0.372. The van der Waals surface area contributed by atoms with Crippen LogP contribution in [0, 0.1) is 0 Å². The normalized spacial score (nSPS) is 22.2. The standard InChI is InChI=1S/C28H33N5O/c1-4-9-21(10-5-2)25-18-27-29-24(19-28(33(27)30-25)32-13-15-34-16-14-32)23-17-26(31(3)20-23)22-11-7-6-8-12-22/h4-12,18-19,23,26H,1,13-17,20H2,2-3H3/b10-5-,21-9+. The summed E-state index contributed by atoms with van der Waals surface area (Å²) in [4.78, 5) is 9.97. The third-order valence-corrected chi connectivity index (χ3v) is 6.85. The number of likely N-dealkylation sites (tertiary alicyclic amines) is 1. The summed E-state index contributed by atoms with van der Waals surface area (Å²) in [6, 6.07) is 15.6. The van der Waals surface area contributed by atoms with E-state index in [9.17, 15) is 0 Å². The van der Waals surface area contributed by atoms with E-state index >= 15 is 0 Å². The third-order valence-electron chi connectivity index (χ3n) is 6.85. The van der Waals surface area contributed by atoms with Gasteiger partial charge < -0.3 is 9.64 Å². The van der Waals surface area contributed by atoms with Gasteiger partial charge in [-0.15, -0.1) is 0 Å². The molecule has 0 aliphatic carbocycles. The number of likely N-dealkylation sites (N-methyl/N-ethyl adjacent to an activating group) is 1. The first kappa shape index (κ1) is 22.6. The van der Waals surface area contributed by atoms with E-state index in [2.05, 4.69) is 72.0 Å². The van der Waals surface area contributed by atoms with Crippen molar-refractivity contribution in [3.05, 3.63) is 90.3 Å². The molecule has 1 aromatic carbocycles.